The number of hydrogen-bond acceptors (Lipinski definition) is 3. The van der Waals surface area contributed by atoms with Gasteiger partial charge in [-0.1, -0.05) is 0 Å². The summed E-state index contributed by atoms with van der Waals surface area (Å²) in [7, 11) is 0. The third kappa shape index (κ3) is 3.19. The lowest BCUT2D eigenvalue weighted by atomic mass is 9.95. The molecule has 0 aromatic carbocycles. The van der Waals surface area contributed by atoms with Gasteiger partial charge in [0.1, 0.15) is 0 Å². The van der Waals surface area contributed by atoms with Gasteiger partial charge in [-0.2, -0.15) is 0 Å². The fraction of sp³-hybridized carbons (Fsp3) is 0.917. The van der Waals surface area contributed by atoms with Crippen molar-refractivity contribution < 1.29 is 9.90 Å². The first-order valence-electron chi connectivity index (χ1n) is 6.42. The second kappa shape index (κ2) is 5.64. The molecule has 4 heteroatoms. The van der Waals surface area contributed by atoms with Crippen molar-refractivity contribution in [3.05, 3.63) is 0 Å². The molecule has 0 aliphatic carbocycles. The Labute approximate surface area is 97.0 Å². The first kappa shape index (κ1) is 11.9. The maximum atomic E-state index is 12.0. The topological polar surface area (TPSA) is 52.6 Å². The number of nitrogens with one attached hydrogen (secondary N) is 1. The van der Waals surface area contributed by atoms with Gasteiger partial charge in [-0.15, -0.1) is 0 Å². The molecule has 0 aromatic rings. The summed E-state index contributed by atoms with van der Waals surface area (Å²) in [6.45, 7) is 3.43. The van der Waals surface area contributed by atoms with Gasteiger partial charge in [-0.25, -0.2) is 0 Å². The third-order valence-electron chi connectivity index (χ3n) is 3.61. The minimum absolute atomic E-state index is 0.229. The lowest BCUT2D eigenvalue weighted by Crippen LogP contribution is -2.43. The van der Waals surface area contributed by atoms with Crippen LogP contribution < -0.4 is 5.32 Å². The number of nitrogens with zero attached hydrogens (tertiary/aromatic N) is 1. The third-order valence-corrected chi connectivity index (χ3v) is 3.61. The van der Waals surface area contributed by atoms with E-state index in [9.17, 15) is 9.90 Å². The second-order valence-electron chi connectivity index (χ2n) is 5.05. The summed E-state index contributed by atoms with van der Waals surface area (Å²) in [4.78, 5) is 13.8. The van der Waals surface area contributed by atoms with E-state index >= 15 is 0 Å². The van der Waals surface area contributed by atoms with Crippen LogP contribution in [0.1, 0.15) is 32.1 Å². The SMILES string of the molecule is O=C(CC1CCCNC1)N1CCC[C@H](O)C1. The predicted molar refractivity (Wildman–Crippen MR) is 62.0 cm³/mol. The number of β-amino-alcohol motifs (C(OH)–C–C–N with tert-alkyl or cyclic N) is 1. The van der Waals surface area contributed by atoms with Crippen molar-refractivity contribution in [1.29, 1.82) is 0 Å². The van der Waals surface area contributed by atoms with Crippen molar-refractivity contribution in [2.75, 3.05) is 26.2 Å². The second-order valence-corrected chi connectivity index (χ2v) is 5.05. The Morgan fingerprint density at radius 3 is 2.94 bits per heavy atom. The van der Waals surface area contributed by atoms with Crippen LogP contribution in [-0.2, 0) is 4.79 Å². The molecular weight excluding hydrogens is 204 g/mol. The Bertz CT molecular complexity index is 239. The molecule has 0 aromatic heterocycles. The lowest BCUT2D eigenvalue weighted by Gasteiger charge is -2.32. The molecule has 2 N–H and O–H groups in total. The lowest BCUT2D eigenvalue weighted by molar-refractivity contribution is -0.135. The number of likely N-dealkylation sites (tertiary alicyclic amines) is 1. The van der Waals surface area contributed by atoms with Gasteiger partial charge in [0.2, 0.25) is 5.91 Å². The monoisotopic (exact) mass is 226 g/mol. The van der Waals surface area contributed by atoms with Gasteiger partial charge in [0.25, 0.3) is 0 Å². The minimum atomic E-state index is -0.304. The molecule has 0 bridgehead atoms. The van der Waals surface area contributed by atoms with Crippen LogP contribution in [0.2, 0.25) is 0 Å². The van der Waals surface area contributed by atoms with Gasteiger partial charge in [-0.3, -0.25) is 4.79 Å². The van der Waals surface area contributed by atoms with Crippen LogP contribution in [0.5, 0.6) is 0 Å². The number of piperidine rings is 2. The molecule has 2 rings (SSSR count). The van der Waals surface area contributed by atoms with Gasteiger partial charge in [0.05, 0.1) is 6.10 Å². The van der Waals surface area contributed by atoms with Crippen molar-refractivity contribution >= 4 is 5.91 Å². The number of hydrogen-bond donors (Lipinski definition) is 2. The van der Waals surface area contributed by atoms with Crippen molar-refractivity contribution in [1.82, 2.24) is 10.2 Å². The number of amides is 1. The molecule has 1 unspecified atom stereocenters. The maximum Gasteiger partial charge on any atom is 0.222 e. The Morgan fingerprint density at radius 2 is 2.25 bits per heavy atom. The van der Waals surface area contributed by atoms with Crippen LogP contribution in [-0.4, -0.2) is 48.2 Å². The van der Waals surface area contributed by atoms with Crippen molar-refractivity contribution in [2.24, 2.45) is 5.92 Å². The van der Waals surface area contributed by atoms with E-state index < -0.39 is 0 Å². The molecule has 2 heterocycles. The number of carbonyl (C=O) groups is 1. The maximum absolute atomic E-state index is 12.0. The van der Waals surface area contributed by atoms with Crippen LogP contribution in [0.3, 0.4) is 0 Å². The molecule has 2 saturated heterocycles. The Hall–Kier alpha value is -0.610. The van der Waals surface area contributed by atoms with Crippen molar-refractivity contribution in [2.45, 2.75) is 38.2 Å². The van der Waals surface area contributed by atoms with Gasteiger partial charge in [0.15, 0.2) is 0 Å². The molecule has 0 radical (unpaired) electrons. The van der Waals surface area contributed by atoms with Crippen LogP contribution >= 0.6 is 0 Å². The summed E-state index contributed by atoms with van der Waals surface area (Å²) in [5.74, 6) is 0.729. The largest absolute Gasteiger partial charge is 0.391 e. The average molecular weight is 226 g/mol. The van der Waals surface area contributed by atoms with E-state index in [2.05, 4.69) is 5.32 Å². The van der Waals surface area contributed by atoms with Crippen LogP contribution in [0, 0.1) is 5.92 Å². The molecule has 92 valence electrons. The predicted octanol–water partition coefficient (Wildman–Crippen LogP) is 0.359. The summed E-state index contributed by atoms with van der Waals surface area (Å²) >= 11 is 0. The zero-order valence-electron chi connectivity index (χ0n) is 9.82. The van der Waals surface area contributed by atoms with E-state index in [-0.39, 0.29) is 12.0 Å². The molecule has 2 aliphatic heterocycles. The summed E-state index contributed by atoms with van der Waals surface area (Å²) in [6.07, 6.45) is 4.47. The molecule has 2 atom stereocenters. The highest BCUT2D eigenvalue weighted by Crippen LogP contribution is 2.17. The highest BCUT2D eigenvalue weighted by molar-refractivity contribution is 5.76. The highest BCUT2D eigenvalue weighted by Gasteiger charge is 2.24. The summed E-state index contributed by atoms with van der Waals surface area (Å²) < 4.78 is 0. The molecule has 4 nitrogen and oxygen atoms in total. The Morgan fingerprint density at radius 1 is 1.38 bits per heavy atom. The number of rotatable bonds is 2. The summed E-state index contributed by atoms with van der Waals surface area (Å²) in [5.41, 5.74) is 0. The van der Waals surface area contributed by atoms with Crippen LogP contribution in [0.25, 0.3) is 0 Å². The normalized spacial score (nSPS) is 31.4. The van der Waals surface area contributed by atoms with E-state index in [0.717, 1.165) is 38.9 Å². The Balaban J connectivity index is 1.77. The summed E-state index contributed by atoms with van der Waals surface area (Å²) in [6, 6.07) is 0. The number of aliphatic hydroxyl groups excluding tert-OH is 1. The van der Waals surface area contributed by atoms with E-state index in [1.807, 2.05) is 4.90 Å². The molecule has 16 heavy (non-hydrogen) atoms. The number of carbonyl (C=O) groups excluding carboxylic acids is 1. The first-order valence-corrected chi connectivity index (χ1v) is 6.42. The van der Waals surface area contributed by atoms with E-state index in [1.165, 1.54) is 6.42 Å². The molecule has 0 spiro atoms. The van der Waals surface area contributed by atoms with Gasteiger partial charge in [0, 0.05) is 19.5 Å². The quantitative estimate of drug-likeness (QED) is 0.715. The molecule has 2 aliphatic rings. The van der Waals surface area contributed by atoms with E-state index in [4.69, 9.17) is 0 Å². The standard InChI is InChI=1S/C12H22N2O2/c15-11-4-2-6-14(9-11)12(16)7-10-3-1-5-13-8-10/h10-11,13,15H,1-9H2/t10?,11-/m0/s1. The van der Waals surface area contributed by atoms with Crippen molar-refractivity contribution in [3.8, 4) is 0 Å². The number of aliphatic hydroxyl groups is 1. The molecular formula is C12H22N2O2. The van der Waals surface area contributed by atoms with Crippen LogP contribution in [0.15, 0.2) is 0 Å². The Kier molecular flexibility index (Phi) is 4.18. The zero-order valence-corrected chi connectivity index (χ0v) is 9.82. The first-order chi connectivity index (χ1) is 7.75. The fourth-order valence-electron chi connectivity index (χ4n) is 2.66. The summed E-state index contributed by atoms with van der Waals surface area (Å²) in [5, 5.41) is 12.9. The minimum Gasteiger partial charge on any atom is -0.391 e. The van der Waals surface area contributed by atoms with Gasteiger partial charge >= 0.3 is 0 Å². The molecule has 2 fully saturated rings. The smallest absolute Gasteiger partial charge is 0.222 e. The van der Waals surface area contributed by atoms with E-state index in [1.54, 1.807) is 0 Å². The molecule has 0 saturated carbocycles. The van der Waals surface area contributed by atoms with Gasteiger partial charge < -0.3 is 15.3 Å². The average Bonchev–Trinajstić information content (AvgIpc) is 2.30. The van der Waals surface area contributed by atoms with E-state index in [0.29, 0.717) is 18.9 Å². The van der Waals surface area contributed by atoms with Crippen molar-refractivity contribution in [3.63, 3.8) is 0 Å². The fourth-order valence-corrected chi connectivity index (χ4v) is 2.66. The molecule has 1 amide bonds. The zero-order chi connectivity index (χ0) is 11.4. The highest BCUT2D eigenvalue weighted by atomic mass is 16.3. The van der Waals surface area contributed by atoms with Gasteiger partial charge in [-0.05, 0) is 44.7 Å². The van der Waals surface area contributed by atoms with Crippen LogP contribution in [0.4, 0.5) is 0 Å².